The Hall–Kier alpha value is -2.75. The number of aromatic carboxylic acids is 1. The fourth-order valence-corrected chi connectivity index (χ4v) is 4.29. The molecule has 3 rings (SSSR count). The van der Waals surface area contributed by atoms with E-state index in [1.54, 1.807) is 12.1 Å². The fourth-order valence-electron chi connectivity index (χ4n) is 3.68. The van der Waals surface area contributed by atoms with Crippen LogP contribution in [-0.4, -0.2) is 17.7 Å². The third-order valence-corrected chi connectivity index (χ3v) is 6.19. The van der Waals surface area contributed by atoms with Gasteiger partial charge in [-0.1, -0.05) is 80.9 Å². The molecule has 0 spiro atoms. The summed E-state index contributed by atoms with van der Waals surface area (Å²) in [6.07, 6.45) is 1.40. The van der Waals surface area contributed by atoms with E-state index < -0.39 is 5.97 Å². The maximum absolute atomic E-state index is 11.0. The average molecular weight is 499 g/mol. The van der Waals surface area contributed by atoms with Crippen LogP contribution in [0.15, 0.2) is 67.2 Å². The number of aryl methyl sites for hydroxylation is 1. The summed E-state index contributed by atoms with van der Waals surface area (Å²) in [4.78, 5) is 11.0. The van der Waals surface area contributed by atoms with E-state index >= 15 is 0 Å². The lowest BCUT2D eigenvalue weighted by Crippen LogP contribution is -2.02. The van der Waals surface area contributed by atoms with E-state index in [0.717, 1.165) is 34.2 Å². The third kappa shape index (κ3) is 7.38. The first kappa shape index (κ1) is 27.5. The first-order chi connectivity index (χ1) is 16.3. The standard InChI is InChI=1S/C27H26Cl2O3.C2H6/c1-17-5-4-6-24(28)26(17)18(2)13-14-32-23-12-11-22(25(29)16-23)15-19(3)20-7-9-21(10-8-20)27(30)31;1-2/h4-12,16,19H,2,13-15H2,1,3H3,(H,30,31);1-2H3. The molecule has 0 fully saturated rings. The second kappa shape index (κ2) is 13.2. The normalized spacial score (nSPS) is 11.2. The van der Waals surface area contributed by atoms with Crippen molar-refractivity contribution in [3.63, 3.8) is 0 Å². The minimum atomic E-state index is -0.923. The van der Waals surface area contributed by atoms with Crippen molar-refractivity contribution in [3.8, 4) is 5.75 Å². The van der Waals surface area contributed by atoms with Crippen LogP contribution in [0.4, 0.5) is 0 Å². The van der Waals surface area contributed by atoms with E-state index in [0.29, 0.717) is 28.8 Å². The predicted molar refractivity (Wildman–Crippen MR) is 144 cm³/mol. The number of carbonyl (C=O) groups is 1. The number of carboxylic acids is 1. The van der Waals surface area contributed by atoms with Crippen molar-refractivity contribution >= 4 is 34.7 Å². The van der Waals surface area contributed by atoms with Crippen LogP contribution in [0.25, 0.3) is 5.57 Å². The first-order valence-electron chi connectivity index (χ1n) is 11.4. The monoisotopic (exact) mass is 498 g/mol. The Bertz CT molecular complexity index is 1100. The molecular weight excluding hydrogens is 467 g/mol. The molecule has 0 radical (unpaired) electrons. The van der Waals surface area contributed by atoms with Gasteiger partial charge in [-0.2, -0.15) is 0 Å². The minimum Gasteiger partial charge on any atom is -0.493 e. The van der Waals surface area contributed by atoms with Gasteiger partial charge in [0.2, 0.25) is 0 Å². The van der Waals surface area contributed by atoms with Gasteiger partial charge < -0.3 is 9.84 Å². The van der Waals surface area contributed by atoms with E-state index in [9.17, 15) is 4.79 Å². The molecule has 0 saturated carbocycles. The number of halogens is 2. The van der Waals surface area contributed by atoms with Crippen LogP contribution in [-0.2, 0) is 6.42 Å². The molecule has 34 heavy (non-hydrogen) atoms. The number of rotatable bonds is 9. The number of hydrogen-bond acceptors (Lipinski definition) is 2. The molecule has 180 valence electrons. The van der Waals surface area contributed by atoms with E-state index in [1.165, 1.54) is 0 Å². The maximum atomic E-state index is 11.0. The lowest BCUT2D eigenvalue weighted by Gasteiger charge is -2.15. The van der Waals surface area contributed by atoms with Gasteiger partial charge in [0.1, 0.15) is 5.75 Å². The predicted octanol–water partition coefficient (Wildman–Crippen LogP) is 8.85. The molecule has 0 bridgehead atoms. The summed E-state index contributed by atoms with van der Waals surface area (Å²) < 4.78 is 5.89. The summed E-state index contributed by atoms with van der Waals surface area (Å²) in [7, 11) is 0. The summed E-state index contributed by atoms with van der Waals surface area (Å²) in [6.45, 7) is 12.8. The van der Waals surface area contributed by atoms with Gasteiger partial charge in [-0.3, -0.25) is 0 Å². The van der Waals surface area contributed by atoms with E-state index in [-0.39, 0.29) is 11.5 Å². The second-order valence-corrected chi connectivity index (χ2v) is 8.73. The van der Waals surface area contributed by atoms with Crippen molar-refractivity contribution in [2.45, 2.75) is 46.5 Å². The van der Waals surface area contributed by atoms with Crippen LogP contribution in [0.1, 0.15) is 65.7 Å². The highest BCUT2D eigenvalue weighted by molar-refractivity contribution is 6.32. The molecule has 3 aromatic rings. The zero-order valence-electron chi connectivity index (χ0n) is 20.2. The van der Waals surface area contributed by atoms with Gasteiger partial charge in [0.05, 0.1) is 12.2 Å². The molecule has 0 aliphatic heterocycles. The van der Waals surface area contributed by atoms with Crippen molar-refractivity contribution in [1.29, 1.82) is 0 Å². The fraction of sp³-hybridized carbons (Fsp3) is 0.276. The van der Waals surface area contributed by atoms with Crippen LogP contribution in [0, 0.1) is 6.92 Å². The zero-order valence-corrected chi connectivity index (χ0v) is 21.7. The Morgan fingerprint density at radius 3 is 2.29 bits per heavy atom. The Kier molecular flexibility index (Phi) is 10.7. The maximum Gasteiger partial charge on any atom is 0.335 e. The van der Waals surface area contributed by atoms with Gasteiger partial charge in [-0.25, -0.2) is 4.79 Å². The van der Waals surface area contributed by atoms with Crippen molar-refractivity contribution in [3.05, 3.63) is 105 Å². The van der Waals surface area contributed by atoms with Crippen molar-refractivity contribution in [1.82, 2.24) is 0 Å². The van der Waals surface area contributed by atoms with Gasteiger partial charge >= 0.3 is 5.97 Å². The first-order valence-corrected chi connectivity index (χ1v) is 12.2. The number of carboxylic acid groups (broad SMARTS) is 1. The van der Waals surface area contributed by atoms with Crippen LogP contribution < -0.4 is 4.74 Å². The topological polar surface area (TPSA) is 46.5 Å². The van der Waals surface area contributed by atoms with Gasteiger partial charge in [-0.15, -0.1) is 0 Å². The summed E-state index contributed by atoms with van der Waals surface area (Å²) >= 11 is 12.8. The van der Waals surface area contributed by atoms with Crippen molar-refractivity contribution in [2.24, 2.45) is 0 Å². The number of ether oxygens (including phenoxy) is 1. The third-order valence-electron chi connectivity index (χ3n) is 5.53. The summed E-state index contributed by atoms with van der Waals surface area (Å²) in [5.74, 6) is -0.0152. The molecule has 0 aliphatic rings. The van der Waals surface area contributed by atoms with Gasteiger partial charge in [-0.05, 0) is 77.4 Å². The van der Waals surface area contributed by atoms with Crippen LogP contribution >= 0.6 is 23.2 Å². The second-order valence-electron chi connectivity index (χ2n) is 7.92. The van der Waals surface area contributed by atoms with Gasteiger partial charge in [0.15, 0.2) is 0 Å². The highest BCUT2D eigenvalue weighted by Crippen LogP contribution is 2.30. The van der Waals surface area contributed by atoms with E-state index in [2.05, 4.69) is 13.5 Å². The Balaban J connectivity index is 0.00000199. The zero-order chi connectivity index (χ0) is 25.3. The summed E-state index contributed by atoms with van der Waals surface area (Å²) in [5, 5.41) is 10.4. The molecule has 3 nitrogen and oxygen atoms in total. The van der Waals surface area contributed by atoms with Crippen LogP contribution in [0.5, 0.6) is 5.75 Å². The highest BCUT2D eigenvalue weighted by Gasteiger charge is 2.12. The molecule has 0 heterocycles. The quantitative estimate of drug-likeness (QED) is 0.320. The molecule has 1 unspecified atom stereocenters. The highest BCUT2D eigenvalue weighted by atomic mass is 35.5. The lowest BCUT2D eigenvalue weighted by atomic mass is 9.93. The molecule has 1 atom stereocenters. The number of benzene rings is 3. The molecule has 0 saturated heterocycles. The smallest absolute Gasteiger partial charge is 0.335 e. The molecule has 1 N–H and O–H groups in total. The van der Waals surface area contributed by atoms with E-state index in [1.807, 2.05) is 69.3 Å². The molecule has 0 aliphatic carbocycles. The Labute approximate surface area is 213 Å². The Morgan fingerprint density at radius 2 is 1.71 bits per heavy atom. The molecule has 3 aromatic carbocycles. The molecule has 0 aromatic heterocycles. The summed E-state index contributed by atoms with van der Waals surface area (Å²) in [5.41, 5.74) is 5.40. The van der Waals surface area contributed by atoms with E-state index in [4.69, 9.17) is 33.0 Å². The van der Waals surface area contributed by atoms with Crippen LogP contribution in [0.2, 0.25) is 10.0 Å². The van der Waals surface area contributed by atoms with Gasteiger partial charge in [0.25, 0.3) is 0 Å². The molecule has 5 heteroatoms. The van der Waals surface area contributed by atoms with Crippen LogP contribution in [0.3, 0.4) is 0 Å². The minimum absolute atomic E-state index is 0.198. The average Bonchev–Trinajstić information content (AvgIpc) is 2.82. The van der Waals surface area contributed by atoms with Crippen molar-refractivity contribution in [2.75, 3.05) is 6.61 Å². The molecule has 0 amide bonds. The van der Waals surface area contributed by atoms with Crippen molar-refractivity contribution < 1.29 is 14.6 Å². The van der Waals surface area contributed by atoms with Gasteiger partial charge in [0, 0.05) is 16.5 Å². The summed E-state index contributed by atoms with van der Waals surface area (Å²) in [6, 6.07) is 18.5. The largest absolute Gasteiger partial charge is 0.493 e. The lowest BCUT2D eigenvalue weighted by molar-refractivity contribution is 0.0697. The SMILES string of the molecule is C=C(CCOc1ccc(CC(C)c2ccc(C(=O)O)cc2)c(Cl)c1)c1c(C)cccc1Cl.CC. The molecular formula is C29H32Cl2O3. The number of hydrogen-bond donors (Lipinski definition) is 1. The Morgan fingerprint density at radius 1 is 1.03 bits per heavy atom.